The highest BCUT2D eigenvalue weighted by Crippen LogP contribution is 2.50. The van der Waals surface area contributed by atoms with Gasteiger partial charge < -0.3 is 11.1 Å². The molecule has 3 rings (SSSR count). The zero-order valence-electron chi connectivity index (χ0n) is 16.5. The number of carbonyl (C=O) groups is 1. The number of amidine groups is 1. The van der Waals surface area contributed by atoms with Gasteiger partial charge in [-0.3, -0.25) is 9.79 Å². The predicted molar refractivity (Wildman–Crippen MR) is 114 cm³/mol. The van der Waals surface area contributed by atoms with Crippen LogP contribution in [0.15, 0.2) is 35.5 Å². The summed E-state index contributed by atoms with van der Waals surface area (Å²) in [6, 6.07) is 5.03. The molecule has 0 bridgehead atoms. The second-order valence-corrected chi connectivity index (χ2v) is 9.49. The van der Waals surface area contributed by atoms with Crippen LogP contribution in [-0.2, 0) is 5.54 Å². The number of amides is 1. The van der Waals surface area contributed by atoms with Crippen LogP contribution in [0.2, 0.25) is 5.02 Å². The molecule has 0 fully saturated rings. The number of nitrogens with one attached hydrogen (secondary N) is 1. The van der Waals surface area contributed by atoms with Gasteiger partial charge in [0.25, 0.3) is 5.91 Å². The predicted octanol–water partition coefficient (Wildman–Crippen LogP) is 4.91. The Labute approximate surface area is 181 Å². The maximum Gasteiger partial charge on any atom is 0.274 e. The summed E-state index contributed by atoms with van der Waals surface area (Å²) < 4.78 is 42.1. The number of hydrogen-bond acceptors (Lipinski definition) is 5. The Balaban J connectivity index is 2.04. The van der Waals surface area contributed by atoms with E-state index in [1.807, 2.05) is 0 Å². The molecule has 0 radical (unpaired) electrons. The molecule has 1 aromatic heterocycles. The highest BCUT2D eigenvalue weighted by atomic mass is 35.5. The van der Waals surface area contributed by atoms with Crippen molar-refractivity contribution in [1.29, 1.82) is 0 Å². The minimum atomic E-state index is -1.35. The number of alkyl halides is 1. The number of aromatic nitrogens is 1. The fourth-order valence-corrected chi connectivity index (χ4v) is 4.73. The number of thioether (sulfide) groups is 1. The van der Waals surface area contributed by atoms with Crippen LogP contribution in [0.1, 0.15) is 36.8 Å². The monoisotopic (exact) mass is 456 g/mol. The van der Waals surface area contributed by atoms with E-state index in [2.05, 4.69) is 15.3 Å². The van der Waals surface area contributed by atoms with E-state index in [-0.39, 0.29) is 22.1 Å². The first-order chi connectivity index (χ1) is 14.0. The molecule has 3 N–H and O–H groups in total. The Bertz CT molecular complexity index is 1020. The van der Waals surface area contributed by atoms with Gasteiger partial charge in [-0.1, -0.05) is 30.3 Å². The van der Waals surface area contributed by atoms with E-state index in [0.717, 1.165) is 17.8 Å². The first kappa shape index (κ1) is 22.4. The van der Waals surface area contributed by atoms with Gasteiger partial charge in [0.2, 0.25) is 0 Å². The number of nitrogens with two attached hydrogens (primary N) is 1. The van der Waals surface area contributed by atoms with E-state index in [4.69, 9.17) is 17.3 Å². The van der Waals surface area contributed by atoms with Crippen LogP contribution in [0.5, 0.6) is 0 Å². The lowest BCUT2D eigenvalue weighted by Gasteiger charge is -2.46. The fourth-order valence-electron chi connectivity index (χ4n) is 3.44. The van der Waals surface area contributed by atoms with Gasteiger partial charge in [-0.2, -0.15) is 0 Å². The highest BCUT2D eigenvalue weighted by molar-refractivity contribution is 8.15. The standard InChI is InChI=1S/C20H20ClF3N4OS/c1-10-19(2,9-22)30-18(25)28-20(10,3)13-6-12(7-14(23)16(13)24)27-17(29)15-5-4-11(21)8-26-15/h4-8,10H,9H2,1-3H3,(H2,25,28)(H,27,29)/t10-,19-,20+/m1/s1. The molecule has 2 heterocycles. The first-order valence-electron chi connectivity index (χ1n) is 9.03. The number of pyridine rings is 1. The van der Waals surface area contributed by atoms with Crippen LogP contribution in [0.4, 0.5) is 18.9 Å². The minimum Gasteiger partial charge on any atom is -0.378 e. The van der Waals surface area contributed by atoms with Gasteiger partial charge in [-0.15, -0.1) is 0 Å². The van der Waals surface area contributed by atoms with Gasteiger partial charge in [-0.25, -0.2) is 18.2 Å². The summed E-state index contributed by atoms with van der Waals surface area (Å²) in [6.07, 6.45) is 1.30. The van der Waals surface area contributed by atoms with Gasteiger partial charge in [0.1, 0.15) is 12.4 Å². The summed E-state index contributed by atoms with van der Waals surface area (Å²) in [5.74, 6) is -3.46. The second kappa shape index (κ2) is 8.11. The molecule has 5 nitrogen and oxygen atoms in total. The average molecular weight is 457 g/mol. The Morgan fingerprint density at radius 3 is 2.63 bits per heavy atom. The van der Waals surface area contributed by atoms with E-state index in [0.29, 0.717) is 5.02 Å². The quantitative estimate of drug-likeness (QED) is 0.685. The zero-order chi connectivity index (χ0) is 22.3. The molecular formula is C20H20ClF3N4OS. The van der Waals surface area contributed by atoms with Crippen molar-refractivity contribution in [2.75, 3.05) is 12.0 Å². The van der Waals surface area contributed by atoms with Gasteiger partial charge in [0.15, 0.2) is 16.8 Å². The lowest BCUT2D eigenvalue weighted by Crippen LogP contribution is -2.49. The van der Waals surface area contributed by atoms with Crippen LogP contribution < -0.4 is 11.1 Å². The largest absolute Gasteiger partial charge is 0.378 e. The van der Waals surface area contributed by atoms with E-state index in [9.17, 15) is 18.0 Å². The molecule has 160 valence electrons. The molecule has 1 aliphatic heterocycles. The molecule has 3 atom stereocenters. The Hall–Kier alpha value is -2.26. The molecule has 0 saturated heterocycles. The van der Waals surface area contributed by atoms with E-state index in [1.54, 1.807) is 20.8 Å². The fraction of sp³-hybridized carbons (Fsp3) is 0.350. The smallest absolute Gasteiger partial charge is 0.274 e. The second-order valence-electron chi connectivity index (χ2n) is 7.50. The number of nitrogens with zero attached hydrogens (tertiary/aromatic N) is 2. The molecular weight excluding hydrogens is 437 g/mol. The molecule has 2 aromatic rings. The van der Waals surface area contributed by atoms with Crippen molar-refractivity contribution in [2.45, 2.75) is 31.1 Å². The minimum absolute atomic E-state index is 0.00743. The molecule has 0 saturated carbocycles. The van der Waals surface area contributed by atoms with Gasteiger partial charge >= 0.3 is 0 Å². The van der Waals surface area contributed by atoms with Crippen molar-refractivity contribution in [1.82, 2.24) is 4.98 Å². The molecule has 10 heteroatoms. The summed E-state index contributed by atoms with van der Waals surface area (Å²) in [7, 11) is 0. The zero-order valence-corrected chi connectivity index (χ0v) is 18.0. The number of rotatable bonds is 4. The summed E-state index contributed by atoms with van der Waals surface area (Å²) in [4.78, 5) is 20.7. The molecule has 0 unspecified atom stereocenters. The summed E-state index contributed by atoms with van der Waals surface area (Å²) in [5.41, 5.74) is 4.48. The average Bonchev–Trinajstić information content (AvgIpc) is 2.69. The van der Waals surface area contributed by atoms with Gasteiger partial charge in [0.05, 0.1) is 15.3 Å². The molecule has 30 heavy (non-hydrogen) atoms. The number of halogens is 4. The van der Waals surface area contributed by atoms with Crippen molar-refractivity contribution in [3.63, 3.8) is 0 Å². The lowest BCUT2D eigenvalue weighted by atomic mass is 9.74. The van der Waals surface area contributed by atoms with Crippen LogP contribution >= 0.6 is 23.4 Å². The van der Waals surface area contributed by atoms with Crippen LogP contribution in [0.3, 0.4) is 0 Å². The highest BCUT2D eigenvalue weighted by Gasteiger charge is 2.50. The Morgan fingerprint density at radius 1 is 1.33 bits per heavy atom. The van der Waals surface area contributed by atoms with Crippen LogP contribution in [0, 0.1) is 17.6 Å². The van der Waals surface area contributed by atoms with Crippen molar-refractivity contribution >= 4 is 40.1 Å². The molecule has 0 spiro atoms. The Kier molecular flexibility index (Phi) is 6.06. The molecule has 1 aromatic carbocycles. The van der Waals surface area contributed by atoms with Gasteiger partial charge in [0, 0.05) is 29.4 Å². The number of carbonyl (C=O) groups excluding carboxylic acids is 1. The number of anilines is 1. The summed E-state index contributed by atoms with van der Waals surface area (Å²) in [6.45, 7) is 4.22. The Morgan fingerprint density at radius 2 is 2.03 bits per heavy atom. The van der Waals surface area contributed by atoms with E-state index >= 15 is 0 Å². The normalized spacial score (nSPS) is 26.2. The number of hydrogen-bond donors (Lipinski definition) is 2. The third-order valence-electron chi connectivity index (χ3n) is 5.50. The van der Waals surface area contributed by atoms with Crippen molar-refractivity contribution in [2.24, 2.45) is 16.6 Å². The first-order valence-corrected chi connectivity index (χ1v) is 10.2. The molecule has 1 amide bonds. The van der Waals surface area contributed by atoms with E-state index < -0.39 is 40.4 Å². The van der Waals surface area contributed by atoms with E-state index in [1.165, 1.54) is 24.4 Å². The molecule has 1 aliphatic rings. The third kappa shape index (κ3) is 4.00. The topological polar surface area (TPSA) is 80.4 Å². The van der Waals surface area contributed by atoms with Crippen LogP contribution in [0.25, 0.3) is 0 Å². The lowest BCUT2D eigenvalue weighted by molar-refractivity contribution is 0.102. The number of aliphatic imine (C=N–C) groups is 1. The van der Waals surface area contributed by atoms with Gasteiger partial charge in [-0.05, 0) is 32.0 Å². The van der Waals surface area contributed by atoms with Crippen molar-refractivity contribution in [3.8, 4) is 0 Å². The van der Waals surface area contributed by atoms with Crippen molar-refractivity contribution in [3.05, 3.63) is 58.4 Å². The number of benzene rings is 1. The summed E-state index contributed by atoms with van der Waals surface area (Å²) in [5, 5.41) is 2.92. The third-order valence-corrected chi connectivity index (χ3v) is 6.95. The maximum atomic E-state index is 14.8. The molecule has 0 aliphatic carbocycles. The van der Waals surface area contributed by atoms with Crippen molar-refractivity contribution < 1.29 is 18.0 Å². The SMILES string of the molecule is C[C@@H]1[C@@](C)(CF)SC(N)=N[C@]1(C)c1cc(NC(=O)c2ccc(Cl)cn2)cc(F)c1F. The maximum absolute atomic E-state index is 14.8. The van der Waals surface area contributed by atoms with Crippen LogP contribution in [-0.4, -0.2) is 27.5 Å². The summed E-state index contributed by atoms with van der Waals surface area (Å²) >= 11 is 6.83.